The molecule has 0 aromatic carbocycles. The minimum Gasteiger partial charge on any atom is -0.382 e. The monoisotopic (exact) mass is 256 g/mol. The Bertz CT molecular complexity index is 404. The van der Waals surface area contributed by atoms with Gasteiger partial charge in [-0.1, -0.05) is 0 Å². The zero-order valence-electron chi connectivity index (χ0n) is 10.2. The van der Waals surface area contributed by atoms with Gasteiger partial charge >= 0.3 is 5.82 Å². The van der Waals surface area contributed by atoms with E-state index in [1.54, 1.807) is 0 Å². The first-order chi connectivity index (χ1) is 8.63. The van der Waals surface area contributed by atoms with Crippen LogP contribution in [-0.2, 0) is 16.1 Å². The van der Waals surface area contributed by atoms with Gasteiger partial charge in [0, 0.05) is 19.8 Å². The maximum atomic E-state index is 11.4. The highest BCUT2D eigenvalue weighted by atomic mass is 16.6. The Morgan fingerprint density at radius 2 is 2.44 bits per heavy atom. The fourth-order valence-corrected chi connectivity index (χ4v) is 1.29. The molecule has 0 aliphatic heterocycles. The molecule has 0 fully saturated rings. The van der Waals surface area contributed by atoms with Gasteiger partial charge in [0.25, 0.3) is 0 Å². The number of nitro groups is 1. The van der Waals surface area contributed by atoms with Crippen LogP contribution in [-0.4, -0.2) is 40.4 Å². The van der Waals surface area contributed by atoms with Crippen molar-refractivity contribution in [1.29, 1.82) is 0 Å². The van der Waals surface area contributed by atoms with E-state index >= 15 is 0 Å². The molecular formula is C10H16N4O4. The average molecular weight is 256 g/mol. The van der Waals surface area contributed by atoms with Gasteiger partial charge in [-0.15, -0.1) is 0 Å². The summed E-state index contributed by atoms with van der Waals surface area (Å²) < 4.78 is 6.35. The Morgan fingerprint density at radius 3 is 3.06 bits per heavy atom. The normalized spacial score (nSPS) is 10.3. The van der Waals surface area contributed by atoms with E-state index in [1.165, 1.54) is 16.9 Å². The van der Waals surface area contributed by atoms with Crippen molar-refractivity contribution in [2.24, 2.45) is 0 Å². The predicted molar refractivity (Wildman–Crippen MR) is 63.0 cm³/mol. The van der Waals surface area contributed by atoms with Crippen LogP contribution in [0.1, 0.15) is 13.3 Å². The molecule has 100 valence electrons. The third kappa shape index (κ3) is 4.91. The Hall–Kier alpha value is -1.96. The van der Waals surface area contributed by atoms with Crippen LogP contribution < -0.4 is 5.32 Å². The van der Waals surface area contributed by atoms with Crippen molar-refractivity contribution in [3.05, 3.63) is 22.4 Å². The Kier molecular flexibility index (Phi) is 5.78. The summed E-state index contributed by atoms with van der Waals surface area (Å²) in [6.45, 7) is 3.66. The quantitative estimate of drug-likeness (QED) is 0.410. The number of ether oxygens (including phenoxy) is 1. The van der Waals surface area contributed by atoms with E-state index < -0.39 is 4.92 Å². The molecule has 0 spiro atoms. The van der Waals surface area contributed by atoms with E-state index in [0.717, 1.165) is 6.42 Å². The maximum Gasteiger partial charge on any atom is 0.389 e. The largest absolute Gasteiger partial charge is 0.389 e. The van der Waals surface area contributed by atoms with E-state index in [-0.39, 0.29) is 18.3 Å². The summed E-state index contributed by atoms with van der Waals surface area (Å²) in [7, 11) is 0. The van der Waals surface area contributed by atoms with Crippen LogP contribution in [0, 0.1) is 10.1 Å². The summed E-state index contributed by atoms with van der Waals surface area (Å²) in [6, 6.07) is 1.25. The van der Waals surface area contributed by atoms with E-state index in [4.69, 9.17) is 4.74 Å². The van der Waals surface area contributed by atoms with Crippen molar-refractivity contribution in [2.45, 2.75) is 19.9 Å². The van der Waals surface area contributed by atoms with Crippen LogP contribution >= 0.6 is 0 Å². The Labute approximate surface area is 104 Å². The van der Waals surface area contributed by atoms with Crippen LogP contribution in [0.25, 0.3) is 0 Å². The Morgan fingerprint density at radius 1 is 1.67 bits per heavy atom. The number of rotatable bonds is 8. The highest BCUT2D eigenvalue weighted by Crippen LogP contribution is 2.04. The Balaban J connectivity index is 2.24. The number of nitrogens with one attached hydrogen (secondary N) is 1. The fourth-order valence-electron chi connectivity index (χ4n) is 1.29. The van der Waals surface area contributed by atoms with Crippen molar-refractivity contribution in [3.8, 4) is 0 Å². The molecule has 0 unspecified atom stereocenters. The van der Waals surface area contributed by atoms with Gasteiger partial charge in [0.1, 0.15) is 6.54 Å². The number of carbonyl (C=O) groups is 1. The highest BCUT2D eigenvalue weighted by molar-refractivity contribution is 5.75. The molecule has 1 heterocycles. The molecule has 0 aliphatic rings. The first kappa shape index (κ1) is 14.1. The van der Waals surface area contributed by atoms with Gasteiger partial charge in [0.15, 0.2) is 0 Å². The molecule has 0 atom stereocenters. The van der Waals surface area contributed by atoms with Gasteiger partial charge in [-0.2, -0.15) is 4.68 Å². The molecule has 0 radical (unpaired) electrons. The predicted octanol–water partition coefficient (Wildman–Crippen LogP) is 0.334. The van der Waals surface area contributed by atoms with Crippen LogP contribution in [0.15, 0.2) is 12.3 Å². The number of amides is 1. The summed E-state index contributed by atoms with van der Waals surface area (Å²) in [5.41, 5.74) is 0. The second kappa shape index (κ2) is 7.38. The second-order valence-electron chi connectivity index (χ2n) is 3.53. The molecule has 1 rings (SSSR count). The first-order valence-electron chi connectivity index (χ1n) is 5.65. The minimum atomic E-state index is -0.601. The SMILES string of the molecule is CCOCCCNC(=O)Cn1ccc([N+](=O)[O-])n1. The lowest BCUT2D eigenvalue weighted by Gasteiger charge is -2.03. The van der Waals surface area contributed by atoms with Crippen molar-refractivity contribution in [2.75, 3.05) is 19.8 Å². The number of hydrogen-bond donors (Lipinski definition) is 1. The van der Waals surface area contributed by atoms with E-state index in [1.807, 2.05) is 6.92 Å². The van der Waals surface area contributed by atoms with Crippen molar-refractivity contribution in [3.63, 3.8) is 0 Å². The molecule has 1 N–H and O–H groups in total. The van der Waals surface area contributed by atoms with Crippen LogP contribution in [0.2, 0.25) is 0 Å². The third-order valence-electron chi connectivity index (χ3n) is 2.11. The minimum absolute atomic E-state index is 0.0253. The third-order valence-corrected chi connectivity index (χ3v) is 2.11. The van der Waals surface area contributed by atoms with Gasteiger partial charge < -0.3 is 20.2 Å². The lowest BCUT2D eigenvalue weighted by Crippen LogP contribution is -2.29. The van der Waals surface area contributed by atoms with Crippen molar-refractivity contribution in [1.82, 2.24) is 15.1 Å². The van der Waals surface area contributed by atoms with Gasteiger partial charge in [0.2, 0.25) is 5.91 Å². The zero-order valence-corrected chi connectivity index (χ0v) is 10.2. The smallest absolute Gasteiger partial charge is 0.382 e. The summed E-state index contributed by atoms with van der Waals surface area (Å²) in [4.78, 5) is 21.2. The average Bonchev–Trinajstić information content (AvgIpc) is 2.77. The molecule has 1 aromatic rings. The lowest BCUT2D eigenvalue weighted by atomic mass is 10.4. The number of aromatic nitrogens is 2. The molecule has 8 nitrogen and oxygen atoms in total. The summed E-state index contributed by atoms with van der Waals surface area (Å²) >= 11 is 0. The topological polar surface area (TPSA) is 99.3 Å². The molecule has 0 saturated carbocycles. The molecule has 8 heteroatoms. The molecule has 0 saturated heterocycles. The summed E-state index contributed by atoms with van der Waals surface area (Å²) in [6.07, 6.45) is 2.14. The van der Waals surface area contributed by atoms with Gasteiger partial charge in [-0.05, 0) is 18.3 Å². The molecule has 18 heavy (non-hydrogen) atoms. The first-order valence-corrected chi connectivity index (χ1v) is 5.65. The highest BCUT2D eigenvalue weighted by Gasteiger charge is 2.12. The fraction of sp³-hybridized carbons (Fsp3) is 0.600. The van der Waals surface area contributed by atoms with Gasteiger partial charge in [-0.25, -0.2) is 0 Å². The van der Waals surface area contributed by atoms with Crippen LogP contribution in [0.5, 0.6) is 0 Å². The van der Waals surface area contributed by atoms with E-state index in [9.17, 15) is 14.9 Å². The molecular weight excluding hydrogens is 240 g/mol. The van der Waals surface area contributed by atoms with Crippen molar-refractivity contribution >= 4 is 11.7 Å². The van der Waals surface area contributed by atoms with Gasteiger partial charge in [0.05, 0.1) is 17.4 Å². The van der Waals surface area contributed by atoms with E-state index in [2.05, 4.69) is 10.4 Å². The summed E-state index contributed by atoms with van der Waals surface area (Å²) in [5.74, 6) is -0.497. The lowest BCUT2D eigenvalue weighted by molar-refractivity contribution is -0.389. The van der Waals surface area contributed by atoms with Gasteiger partial charge in [-0.3, -0.25) is 4.79 Å². The van der Waals surface area contributed by atoms with Crippen molar-refractivity contribution < 1.29 is 14.5 Å². The maximum absolute atomic E-state index is 11.4. The molecule has 0 bridgehead atoms. The number of carbonyl (C=O) groups excluding carboxylic acids is 1. The number of hydrogen-bond acceptors (Lipinski definition) is 5. The van der Waals surface area contributed by atoms with Crippen LogP contribution in [0.4, 0.5) is 5.82 Å². The van der Waals surface area contributed by atoms with Crippen LogP contribution in [0.3, 0.4) is 0 Å². The van der Waals surface area contributed by atoms with E-state index in [0.29, 0.717) is 19.8 Å². The molecule has 1 aromatic heterocycles. The molecule has 1 amide bonds. The number of nitrogens with zero attached hydrogens (tertiary/aromatic N) is 3. The standard InChI is InChI=1S/C10H16N4O4/c1-2-18-7-3-5-11-10(15)8-13-6-4-9(12-13)14(16)17/h4,6H,2-3,5,7-8H2,1H3,(H,11,15). The zero-order chi connectivity index (χ0) is 13.4. The summed E-state index contributed by atoms with van der Waals surface area (Å²) in [5, 5.41) is 16.7. The second-order valence-corrected chi connectivity index (χ2v) is 3.53. The molecule has 0 aliphatic carbocycles.